The molecule has 1 unspecified atom stereocenters. The molecule has 7 nitrogen and oxygen atoms in total. The van der Waals surface area contributed by atoms with Gasteiger partial charge in [-0.3, -0.25) is 14.3 Å². The Morgan fingerprint density at radius 2 is 2.18 bits per heavy atom. The minimum Gasteiger partial charge on any atom is -0.394 e. The third-order valence-electron chi connectivity index (χ3n) is 3.15. The first-order valence-electron chi connectivity index (χ1n) is 6.05. The summed E-state index contributed by atoms with van der Waals surface area (Å²) >= 11 is 0. The Morgan fingerprint density at radius 1 is 1.50 bits per heavy atom. The van der Waals surface area contributed by atoms with Crippen LogP contribution in [0.3, 0.4) is 0 Å². The Kier molecular flexibility index (Phi) is 4.41. The normalized spacial score (nSPS) is 30.9. The molecule has 0 spiro atoms. The van der Waals surface area contributed by atoms with Gasteiger partial charge in [0.25, 0.3) is 5.56 Å². The lowest BCUT2D eigenvalue weighted by Crippen LogP contribution is -2.45. The lowest BCUT2D eigenvalue weighted by atomic mass is 9.96. The van der Waals surface area contributed by atoms with Gasteiger partial charge in [0, 0.05) is 0 Å². The fourth-order valence-corrected chi connectivity index (χ4v) is 2.11. The molecule has 10 heteroatoms. The van der Waals surface area contributed by atoms with Crippen molar-refractivity contribution in [1.82, 2.24) is 9.55 Å². The lowest BCUT2D eigenvalue weighted by Gasteiger charge is -2.23. The third-order valence-corrected chi connectivity index (χ3v) is 3.15. The van der Waals surface area contributed by atoms with Crippen LogP contribution in [0.1, 0.15) is 6.23 Å². The number of nitrogens with zero attached hydrogens (tertiary/aromatic N) is 1. The molecule has 1 aliphatic heterocycles. The Labute approximate surface area is 121 Å². The van der Waals surface area contributed by atoms with Crippen molar-refractivity contribution in [2.45, 2.75) is 24.1 Å². The second-order valence-electron chi connectivity index (χ2n) is 4.50. The summed E-state index contributed by atoms with van der Waals surface area (Å²) in [6, 6.07) is 0. The number of nitrogens with one attached hydrogen (secondary N) is 1. The highest BCUT2D eigenvalue weighted by Crippen LogP contribution is 2.40. The van der Waals surface area contributed by atoms with Gasteiger partial charge in [0.1, 0.15) is 18.9 Å². The van der Waals surface area contributed by atoms with Gasteiger partial charge in [0.15, 0.2) is 6.23 Å². The fourth-order valence-electron chi connectivity index (χ4n) is 2.11. The van der Waals surface area contributed by atoms with E-state index in [0.717, 1.165) is 0 Å². The summed E-state index contributed by atoms with van der Waals surface area (Å²) in [5, 5.41) is 18.8. The summed E-state index contributed by atoms with van der Waals surface area (Å²) in [5.41, 5.74) is -5.52. The zero-order chi connectivity index (χ0) is 16.5. The predicted octanol–water partition coefficient (Wildman–Crippen LogP) is -1.39. The van der Waals surface area contributed by atoms with E-state index in [0.29, 0.717) is 10.8 Å². The van der Waals surface area contributed by atoms with Crippen molar-refractivity contribution in [2.24, 2.45) is 0 Å². The van der Waals surface area contributed by atoms with Crippen LogP contribution in [-0.4, -0.2) is 50.9 Å². The molecular weight excluding hydrogens is 309 g/mol. The van der Waals surface area contributed by atoms with Gasteiger partial charge in [-0.2, -0.15) is 4.39 Å². The summed E-state index contributed by atoms with van der Waals surface area (Å²) in [6.07, 6.45) is -5.07. The van der Waals surface area contributed by atoms with Crippen molar-refractivity contribution in [2.75, 3.05) is 13.3 Å². The molecule has 0 aliphatic carbocycles. The molecule has 0 radical (unpaired) electrons. The van der Waals surface area contributed by atoms with Crippen LogP contribution >= 0.6 is 0 Å². The monoisotopic (exact) mass is 320 g/mol. The van der Waals surface area contributed by atoms with Crippen molar-refractivity contribution < 1.29 is 28.1 Å². The van der Waals surface area contributed by atoms with Crippen molar-refractivity contribution in [3.8, 4) is 11.8 Å². The van der Waals surface area contributed by atoms with Gasteiger partial charge in [0.05, 0.1) is 12.8 Å². The number of halogens is 3. The number of aliphatic hydroxyl groups is 2. The predicted molar refractivity (Wildman–Crippen MR) is 65.9 cm³/mol. The summed E-state index contributed by atoms with van der Waals surface area (Å²) < 4.78 is 45.7. The van der Waals surface area contributed by atoms with E-state index in [9.17, 15) is 27.9 Å². The van der Waals surface area contributed by atoms with Crippen molar-refractivity contribution in [1.29, 1.82) is 0 Å². The first-order valence-corrected chi connectivity index (χ1v) is 6.05. The minimum atomic E-state index is -2.98. The van der Waals surface area contributed by atoms with Crippen molar-refractivity contribution in [3.63, 3.8) is 0 Å². The Bertz CT molecular complexity index is 737. The van der Waals surface area contributed by atoms with Crippen LogP contribution < -0.4 is 11.2 Å². The van der Waals surface area contributed by atoms with Crippen LogP contribution in [0, 0.1) is 17.7 Å². The molecule has 1 fully saturated rings. The number of alkyl halides is 2. The SMILES string of the molecule is O=c1[nH]c(=O)n([C@@H]2O[C@H](CO)C(O)[C@]2(F)C#CCF)cc1F. The number of hydrogen-bond donors (Lipinski definition) is 3. The van der Waals surface area contributed by atoms with Crippen LogP contribution in [0.4, 0.5) is 13.2 Å². The van der Waals surface area contributed by atoms with E-state index in [-0.39, 0.29) is 0 Å². The van der Waals surface area contributed by atoms with Gasteiger partial charge >= 0.3 is 5.69 Å². The van der Waals surface area contributed by atoms with Crippen molar-refractivity contribution >= 4 is 0 Å². The Hall–Kier alpha value is -2.09. The first-order chi connectivity index (χ1) is 10.3. The maximum absolute atomic E-state index is 14.9. The van der Waals surface area contributed by atoms with Crippen LogP contribution in [0.5, 0.6) is 0 Å². The number of aromatic amines is 1. The molecular formula is C12H11F3N2O5. The average Bonchev–Trinajstić information content (AvgIpc) is 2.73. The summed E-state index contributed by atoms with van der Waals surface area (Å²) in [4.78, 5) is 24.2. The molecule has 2 heterocycles. The highest BCUT2D eigenvalue weighted by atomic mass is 19.1. The van der Waals surface area contributed by atoms with E-state index in [2.05, 4.69) is 0 Å². The van der Waals surface area contributed by atoms with Gasteiger partial charge < -0.3 is 14.9 Å². The second kappa shape index (κ2) is 5.96. The molecule has 22 heavy (non-hydrogen) atoms. The van der Waals surface area contributed by atoms with E-state index < -0.39 is 54.5 Å². The molecule has 4 atom stereocenters. The molecule has 2 rings (SSSR count). The van der Waals surface area contributed by atoms with E-state index in [4.69, 9.17) is 9.84 Å². The highest BCUT2D eigenvalue weighted by molar-refractivity contribution is 5.23. The zero-order valence-electron chi connectivity index (χ0n) is 10.9. The summed E-state index contributed by atoms with van der Waals surface area (Å²) in [7, 11) is 0. The van der Waals surface area contributed by atoms with Gasteiger partial charge in [0.2, 0.25) is 11.5 Å². The average molecular weight is 320 g/mol. The van der Waals surface area contributed by atoms with E-state index in [1.807, 2.05) is 0 Å². The van der Waals surface area contributed by atoms with Gasteiger partial charge in [-0.25, -0.2) is 13.6 Å². The third kappa shape index (κ3) is 2.54. The Morgan fingerprint density at radius 3 is 2.77 bits per heavy atom. The highest BCUT2D eigenvalue weighted by Gasteiger charge is 2.57. The van der Waals surface area contributed by atoms with Crippen LogP contribution in [-0.2, 0) is 4.74 Å². The first kappa shape index (κ1) is 16.3. The molecule has 0 aromatic carbocycles. The van der Waals surface area contributed by atoms with Gasteiger partial charge in [-0.1, -0.05) is 11.8 Å². The molecule has 3 N–H and O–H groups in total. The molecule has 1 aromatic rings. The number of hydrogen-bond acceptors (Lipinski definition) is 5. The van der Waals surface area contributed by atoms with Crippen LogP contribution in [0.15, 0.2) is 15.8 Å². The number of aliphatic hydroxyl groups excluding tert-OH is 2. The number of H-pyrrole nitrogens is 1. The number of aromatic nitrogens is 2. The van der Waals surface area contributed by atoms with E-state index in [1.54, 1.807) is 16.8 Å². The molecule has 120 valence electrons. The summed E-state index contributed by atoms with van der Waals surface area (Å²) in [5.74, 6) is 2.14. The summed E-state index contributed by atoms with van der Waals surface area (Å²) in [6.45, 7) is -2.05. The standard InChI is InChI=1S/C12H11F3N2O5/c13-3-1-2-12(15)8(19)7(5-18)22-10(12)17-4-6(14)9(20)16-11(17)21/h4,7-8,10,18-19H,3,5H2,(H,16,20,21)/t7-,8?,10-,12-/m1/s1. The van der Waals surface area contributed by atoms with Gasteiger partial charge in [-0.15, -0.1) is 0 Å². The molecule has 0 amide bonds. The smallest absolute Gasteiger partial charge is 0.330 e. The quantitative estimate of drug-likeness (QED) is 0.582. The maximum Gasteiger partial charge on any atom is 0.330 e. The van der Waals surface area contributed by atoms with Gasteiger partial charge in [-0.05, 0) is 0 Å². The zero-order valence-corrected chi connectivity index (χ0v) is 10.9. The Balaban J connectivity index is 2.59. The number of ether oxygens (including phenoxy) is 1. The molecule has 1 saturated heterocycles. The molecule has 0 bridgehead atoms. The van der Waals surface area contributed by atoms with Crippen LogP contribution in [0.25, 0.3) is 0 Å². The second-order valence-corrected chi connectivity index (χ2v) is 4.50. The largest absolute Gasteiger partial charge is 0.394 e. The topological polar surface area (TPSA) is 105 Å². The van der Waals surface area contributed by atoms with Crippen molar-refractivity contribution in [3.05, 3.63) is 32.9 Å². The minimum absolute atomic E-state index is 0.336. The van der Waals surface area contributed by atoms with E-state index in [1.165, 1.54) is 0 Å². The maximum atomic E-state index is 14.9. The molecule has 1 aromatic heterocycles. The number of rotatable bonds is 2. The molecule has 1 aliphatic rings. The van der Waals surface area contributed by atoms with Crippen LogP contribution in [0.2, 0.25) is 0 Å². The van der Waals surface area contributed by atoms with E-state index >= 15 is 0 Å². The molecule has 0 saturated carbocycles. The fraction of sp³-hybridized carbons (Fsp3) is 0.500. The lowest BCUT2D eigenvalue weighted by molar-refractivity contribution is -0.0547.